The molecule has 0 aliphatic heterocycles. The predicted octanol–water partition coefficient (Wildman–Crippen LogP) is 1.44. The number of nitrogens with one attached hydrogen (secondary N) is 2. The summed E-state index contributed by atoms with van der Waals surface area (Å²) in [5.41, 5.74) is 1.56. The van der Waals surface area contributed by atoms with E-state index in [1.165, 1.54) is 6.33 Å². The molecule has 0 radical (unpaired) electrons. The van der Waals surface area contributed by atoms with Crippen LogP contribution in [0.15, 0.2) is 30.6 Å². The fraction of sp³-hybridized carbons (Fsp3) is 0.308. The molecule has 0 spiro atoms. The maximum absolute atomic E-state index is 12.1. The Kier molecular flexibility index (Phi) is 4.25. The lowest BCUT2D eigenvalue weighted by Gasteiger charge is -2.11. The number of nitrogens with zero attached hydrogens (tertiary/aromatic N) is 2. The summed E-state index contributed by atoms with van der Waals surface area (Å²) in [6, 6.07) is 7.11. The number of benzene rings is 1. The summed E-state index contributed by atoms with van der Waals surface area (Å²) < 4.78 is 5.05. The van der Waals surface area contributed by atoms with E-state index < -0.39 is 0 Å². The van der Waals surface area contributed by atoms with Crippen LogP contribution in [0.25, 0.3) is 0 Å². The monoisotopic (exact) mass is 260 g/mol. The maximum atomic E-state index is 12.1. The molecule has 100 valence electrons. The van der Waals surface area contributed by atoms with Crippen molar-refractivity contribution in [2.75, 3.05) is 7.11 Å². The van der Waals surface area contributed by atoms with Crippen LogP contribution in [-0.4, -0.2) is 28.2 Å². The van der Waals surface area contributed by atoms with Crippen molar-refractivity contribution in [2.45, 2.75) is 19.6 Å². The summed E-state index contributed by atoms with van der Waals surface area (Å²) >= 11 is 0. The molecule has 1 heterocycles. The number of methoxy groups -OCH3 is 1. The van der Waals surface area contributed by atoms with Gasteiger partial charge >= 0.3 is 0 Å². The van der Waals surface area contributed by atoms with Gasteiger partial charge in [-0.2, -0.15) is 5.10 Å². The molecule has 0 fully saturated rings. The fourth-order valence-corrected chi connectivity index (χ4v) is 1.74. The number of hydrogen-bond donors (Lipinski definition) is 2. The SMILES string of the molecule is COCc1cccc(C(=O)NC(C)c2ncn[nH]2)c1. The third-order valence-corrected chi connectivity index (χ3v) is 2.69. The van der Waals surface area contributed by atoms with Gasteiger partial charge in [-0.05, 0) is 24.6 Å². The Morgan fingerprint density at radius 2 is 2.37 bits per heavy atom. The third kappa shape index (κ3) is 3.38. The van der Waals surface area contributed by atoms with Crippen molar-refractivity contribution >= 4 is 5.91 Å². The van der Waals surface area contributed by atoms with Crippen LogP contribution < -0.4 is 5.32 Å². The van der Waals surface area contributed by atoms with E-state index >= 15 is 0 Å². The second kappa shape index (κ2) is 6.10. The van der Waals surface area contributed by atoms with Gasteiger partial charge in [0.2, 0.25) is 0 Å². The number of rotatable bonds is 5. The molecule has 0 bridgehead atoms. The van der Waals surface area contributed by atoms with Crippen molar-refractivity contribution in [1.82, 2.24) is 20.5 Å². The van der Waals surface area contributed by atoms with Crippen molar-refractivity contribution in [1.29, 1.82) is 0 Å². The number of hydrogen-bond acceptors (Lipinski definition) is 4. The lowest BCUT2D eigenvalue weighted by Crippen LogP contribution is -2.27. The minimum absolute atomic E-state index is 0.151. The van der Waals surface area contributed by atoms with E-state index in [2.05, 4.69) is 20.5 Å². The molecule has 2 N–H and O–H groups in total. The summed E-state index contributed by atoms with van der Waals surface area (Å²) in [5, 5.41) is 9.34. The zero-order chi connectivity index (χ0) is 13.7. The standard InChI is InChI=1S/C13H16N4O2/c1-9(12-14-8-15-17-12)16-13(18)11-5-3-4-10(6-11)7-19-2/h3-6,8-9H,7H2,1-2H3,(H,16,18)(H,14,15,17). The van der Waals surface area contributed by atoms with Gasteiger partial charge in [-0.3, -0.25) is 9.89 Å². The summed E-state index contributed by atoms with van der Waals surface area (Å²) in [6.45, 7) is 2.33. The van der Waals surface area contributed by atoms with Crippen LogP contribution in [0.2, 0.25) is 0 Å². The van der Waals surface area contributed by atoms with E-state index in [-0.39, 0.29) is 11.9 Å². The average Bonchev–Trinajstić information content (AvgIpc) is 2.93. The molecule has 2 rings (SSSR count). The number of carbonyl (C=O) groups excluding carboxylic acids is 1. The summed E-state index contributed by atoms with van der Waals surface area (Å²) in [6.07, 6.45) is 1.41. The largest absolute Gasteiger partial charge is 0.380 e. The van der Waals surface area contributed by atoms with Gasteiger partial charge in [-0.15, -0.1) is 0 Å². The van der Waals surface area contributed by atoms with Crippen molar-refractivity contribution in [3.8, 4) is 0 Å². The highest BCUT2D eigenvalue weighted by molar-refractivity contribution is 5.94. The molecular weight excluding hydrogens is 244 g/mol. The van der Waals surface area contributed by atoms with Gasteiger partial charge in [0.1, 0.15) is 12.2 Å². The van der Waals surface area contributed by atoms with E-state index in [0.717, 1.165) is 5.56 Å². The summed E-state index contributed by atoms with van der Waals surface area (Å²) in [4.78, 5) is 16.1. The number of H-pyrrole nitrogens is 1. The second-order valence-corrected chi connectivity index (χ2v) is 4.20. The van der Waals surface area contributed by atoms with E-state index in [1.54, 1.807) is 13.2 Å². The number of amides is 1. The average molecular weight is 260 g/mol. The zero-order valence-electron chi connectivity index (χ0n) is 10.9. The van der Waals surface area contributed by atoms with E-state index in [1.807, 2.05) is 25.1 Å². The minimum Gasteiger partial charge on any atom is -0.380 e. The first-order chi connectivity index (χ1) is 9.20. The molecular formula is C13H16N4O2. The van der Waals surface area contributed by atoms with Gasteiger partial charge in [0, 0.05) is 12.7 Å². The second-order valence-electron chi connectivity index (χ2n) is 4.20. The van der Waals surface area contributed by atoms with Gasteiger partial charge in [0.25, 0.3) is 5.91 Å². The van der Waals surface area contributed by atoms with Gasteiger partial charge in [0.15, 0.2) is 0 Å². The zero-order valence-corrected chi connectivity index (χ0v) is 10.9. The number of ether oxygens (including phenoxy) is 1. The molecule has 0 aliphatic carbocycles. The molecule has 0 saturated heterocycles. The predicted molar refractivity (Wildman–Crippen MR) is 69.4 cm³/mol. The van der Waals surface area contributed by atoms with Crippen LogP contribution in [0.4, 0.5) is 0 Å². The van der Waals surface area contributed by atoms with Crippen molar-refractivity contribution in [3.63, 3.8) is 0 Å². The maximum Gasteiger partial charge on any atom is 0.251 e. The highest BCUT2D eigenvalue weighted by Crippen LogP contribution is 2.09. The van der Waals surface area contributed by atoms with Crippen LogP contribution >= 0.6 is 0 Å². The van der Waals surface area contributed by atoms with Gasteiger partial charge < -0.3 is 10.1 Å². The molecule has 0 saturated carbocycles. The number of aromatic nitrogens is 3. The quantitative estimate of drug-likeness (QED) is 0.852. The van der Waals surface area contributed by atoms with Crippen molar-refractivity contribution in [2.24, 2.45) is 0 Å². The van der Waals surface area contributed by atoms with Gasteiger partial charge in [0.05, 0.1) is 12.6 Å². The highest BCUT2D eigenvalue weighted by atomic mass is 16.5. The number of aromatic amines is 1. The van der Waals surface area contributed by atoms with E-state index in [9.17, 15) is 4.79 Å². The highest BCUT2D eigenvalue weighted by Gasteiger charge is 2.13. The molecule has 6 nitrogen and oxygen atoms in total. The molecule has 19 heavy (non-hydrogen) atoms. The molecule has 6 heteroatoms. The molecule has 1 unspecified atom stereocenters. The minimum atomic E-state index is -0.221. The van der Waals surface area contributed by atoms with Crippen LogP contribution in [0.1, 0.15) is 34.7 Å². The topological polar surface area (TPSA) is 79.9 Å². The molecule has 1 amide bonds. The first-order valence-corrected chi connectivity index (χ1v) is 5.94. The Bertz CT molecular complexity index is 539. The lowest BCUT2D eigenvalue weighted by atomic mass is 10.1. The molecule has 1 atom stereocenters. The van der Waals surface area contributed by atoms with Crippen molar-refractivity contribution in [3.05, 3.63) is 47.5 Å². The first kappa shape index (κ1) is 13.2. The fourth-order valence-electron chi connectivity index (χ4n) is 1.74. The smallest absolute Gasteiger partial charge is 0.251 e. The van der Waals surface area contributed by atoms with E-state index in [0.29, 0.717) is 18.0 Å². The Labute approximate surface area is 111 Å². The third-order valence-electron chi connectivity index (χ3n) is 2.69. The normalized spacial score (nSPS) is 12.1. The van der Waals surface area contributed by atoms with Gasteiger partial charge in [-0.1, -0.05) is 12.1 Å². The van der Waals surface area contributed by atoms with Gasteiger partial charge in [-0.25, -0.2) is 4.98 Å². The Balaban J connectivity index is 2.05. The van der Waals surface area contributed by atoms with E-state index in [4.69, 9.17) is 4.74 Å². The molecule has 1 aromatic heterocycles. The van der Waals surface area contributed by atoms with Crippen LogP contribution in [0.3, 0.4) is 0 Å². The Morgan fingerprint density at radius 1 is 1.53 bits per heavy atom. The first-order valence-electron chi connectivity index (χ1n) is 5.94. The summed E-state index contributed by atoms with van der Waals surface area (Å²) in [7, 11) is 1.62. The molecule has 1 aromatic carbocycles. The molecule has 0 aliphatic rings. The molecule has 2 aromatic rings. The number of carbonyl (C=O) groups is 1. The van der Waals surface area contributed by atoms with Crippen LogP contribution in [-0.2, 0) is 11.3 Å². The summed E-state index contributed by atoms with van der Waals surface area (Å²) in [5.74, 6) is 0.475. The Hall–Kier alpha value is -2.21. The van der Waals surface area contributed by atoms with Crippen molar-refractivity contribution < 1.29 is 9.53 Å². The van der Waals surface area contributed by atoms with Crippen LogP contribution in [0.5, 0.6) is 0 Å². The Morgan fingerprint density at radius 3 is 3.05 bits per heavy atom. The van der Waals surface area contributed by atoms with Crippen LogP contribution in [0, 0.1) is 0 Å². The lowest BCUT2D eigenvalue weighted by molar-refractivity contribution is 0.0938.